The van der Waals surface area contributed by atoms with Gasteiger partial charge in [-0.3, -0.25) is 9.59 Å². The Labute approximate surface area is 212 Å². The van der Waals surface area contributed by atoms with Crippen molar-refractivity contribution in [3.63, 3.8) is 0 Å². The number of hydrogen-bond donors (Lipinski definition) is 1. The van der Waals surface area contributed by atoms with Crippen molar-refractivity contribution in [2.75, 3.05) is 13.7 Å². The predicted octanol–water partition coefficient (Wildman–Crippen LogP) is 6.31. The van der Waals surface area contributed by atoms with Crippen LogP contribution in [-0.4, -0.2) is 42.6 Å². The van der Waals surface area contributed by atoms with Crippen molar-refractivity contribution in [3.05, 3.63) is 23.8 Å². The van der Waals surface area contributed by atoms with Crippen molar-refractivity contribution in [3.8, 4) is 0 Å². The van der Waals surface area contributed by atoms with Gasteiger partial charge >= 0.3 is 6.16 Å². The van der Waals surface area contributed by atoms with Gasteiger partial charge in [-0.05, 0) is 61.5 Å². The maximum absolute atomic E-state index is 12.8. The number of carbonyl (C=O) groups is 3. The van der Waals surface area contributed by atoms with Crippen LogP contribution >= 0.6 is 0 Å². The molecule has 0 amide bonds. The van der Waals surface area contributed by atoms with Crippen LogP contribution in [0.2, 0.25) is 0 Å². The molecule has 3 fully saturated rings. The monoisotopic (exact) mass is 492 g/mol. The van der Waals surface area contributed by atoms with E-state index in [9.17, 15) is 19.5 Å². The lowest BCUT2D eigenvalue weighted by Crippen LogP contribution is -2.56. The van der Waals surface area contributed by atoms with E-state index in [4.69, 9.17) is 4.74 Å². The summed E-state index contributed by atoms with van der Waals surface area (Å²) in [6.07, 6.45) is 8.04. The highest BCUT2D eigenvalue weighted by Crippen LogP contribution is 2.66. The molecule has 3 saturated carbocycles. The molecule has 7 unspecified atom stereocenters. The average molecular weight is 493 g/mol. The molecule has 35 heavy (non-hydrogen) atoms. The predicted molar refractivity (Wildman–Crippen MR) is 139 cm³/mol. The third-order valence-corrected chi connectivity index (χ3v) is 8.38. The Hall–Kier alpha value is -1.95. The van der Waals surface area contributed by atoms with Crippen molar-refractivity contribution < 1.29 is 29.0 Å². The van der Waals surface area contributed by atoms with E-state index in [-0.39, 0.29) is 40.8 Å². The maximum Gasteiger partial charge on any atom is 0.508 e. The maximum atomic E-state index is 12.8. The lowest BCUT2D eigenvalue weighted by Gasteiger charge is -2.58. The summed E-state index contributed by atoms with van der Waals surface area (Å²) in [6.45, 7) is 16.0. The minimum Gasteiger partial charge on any atom is -0.438 e. The van der Waals surface area contributed by atoms with E-state index in [1.807, 2.05) is 47.6 Å². The number of allylic oxidation sites excluding steroid dienone is 4. The lowest BCUT2D eigenvalue weighted by molar-refractivity contribution is -0.141. The van der Waals surface area contributed by atoms with Gasteiger partial charge in [0.05, 0.1) is 13.2 Å². The van der Waals surface area contributed by atoms with Gasteiger partial charge in [0.1, 0.15) is 0 Å². The van der Waals surface area contributed by atoms with Gasteiger partial charge < -0.3 is 14.6 Å². The largest absolute Gasteiger partial charge is 0.508 e. The number of aliphatic hydroxyl groups is 1. The highest BCUT2D eigenvalue weighted by molar-refractivity contribution is 6.01. The molecule has 0 saturated heterocycles. The van der Waals surface area contributed by atoms with Crippen LogP contribution in [0.5, 0.6) is 0 Å². The SMILES string of the molecule is CC.CC.CC.COC(=O)OCC(=O)C1CCC2C3CCC4=CC(=O)C=CC4(C)C3C(O)CC12C. The quantitative estimate of drug-likeness (QED) is 0.464. The number of methoxy groups -OCH3 is 1. The first-order chi connectivity index (χ1) is 16.7. The molecule has 0 aromatic rings. The van der Waals surface area contributed by atoms with E-state index in [0.717, 1.165) is 31.3 Å². The summed E-state index contributed by atoms with van der Waals surface area (Å²) >= 11 is 0. The van der Waals surface area contributed by atoms with Crippen LogP contribution in [0.15, 0.2) is 23.8 Å². The second-order valence-corrected chi connectivity index (χ2v) is 9.64. The second kappa shape index (κ2) is 13.4. The van der Waals surface area contributed by atoms with E-state index in [1.165, 1.54) is 7.11 Å². The standard InChI is InChI=1S/C23H30O6.3C2H6/c1-22-9-8-14(24)10-13(22)4-5-15-16-6-7-17(19(26)12-29-21(27)28-3)23(16,2)11-18(25)20(15)22;3*1-2/h8-10,15-18,20,25H,4-7,11-12H2,1-3H3;3*1-2H3. The Morgan fingerprint density at radius 1 is 1.06 bits per heavy atom. The topological polar surface area (TPSA) is 89.9 Å². The van der Waals surface area contributed by atoms with Crippen molar-refractivity contribution in [2.24, 2.45) is 34.5 Å². The minimum absolute atomic E-state index is 0.0307. The van der Waals surface area contributed by atoms with Crippen LogP contribution in [0.1, 0.15) is 87.5 Å². The van der Waals surface area contributed by atoms with Gasteiger partial charge in [0.15, 0.2) is 18.2 Å². The van der Waals surface area contributed by atoms with E-state index in [0.29, 0.717) is 18.3 Å². The van der Waals surface area contributed by atoms with Crippen molar-refractivity contribution in [2.45, 2.75) is 93.6 Å². The molecule has 0 aromatic heterocycles. The number of fused-ring (bicyclic) bond motifs is 5. The molecule has 0 bridgehead atoms. The van der Waals surface area contributed by atoms with Crippen LogP contribution in [0, 0.1) is 34.5 Å². The number of carbonyl (C=O) groups excluding carboxylic acids is 3. The highest BCUT2D eigenvalue weighted by Gasteiger charge is 2.62. The Kier molecular flexibility index (Phi) is 11.9. The summed E-state index contributed by atoms with van der Waals surface area (Å²) in [7, 11) is 1.22. The normalized spacial score (nSPS) is 36.1. The smallest absolute Gasteiger partial charge is 0.438 e. The molecule has 0 aromatic carbocycles. The van der Waals surface area contributed by atoms with E-state index < -0.39 is 12.3 Å². The fourth-order valence-electron chi connectivity index (χ4n) is 7.14. The molecule has 0 aliphatic heterocycles. The highest BCUT2D eigenvalue weighted by atomic mass is 16.7. The van der Waals surface area contributed by atoms with Crippen LogP contribution < -0.4 is 0 Å². The zero-order valence-electron chi connectivity index (χ0n) is 23.3. The number of hydrogen-bond acceptors (Lipinski definition) is 6. The number of ketones is 2. The van der Waals surface area contributed by atoms with Crippen LogP contribution in [0.25, 0.3) is 0 Å². The van der Waals surface area contributed by atoms with Gasteiger partial charge in [0.25, 0.3) is 0 Å². The third kappa shape index (κ3) is 5.90. The third-order valence-electron chi connectivity index (χ3n) is 8.38. The summed E-state index contributed by atoms with van der Waals surface area (Å²) in [4.78, 5) is 36.0. The van der Waals surface area contributed by atoms with Crippen molar-refractivity contribution >= 4 is 17.7 Å². The molecule has 0 spiro atoms. The molecule has 200 valence electrons. The molecule has 6 nitrogen and oxygen atoms in total. The van der Waals surface area contributed by atoms with E-state index in [1.54, 1.807) is 12.2 Å². The summed E-state index contributed by atoms with van der Waals surface area (Å²) in [5, 5.41) is 11.3. The Balaban J connectivity index is 0.000000949. The average Bonchev–Trinajstić information content (AvgIpc) is 3.22. The molecule has 4 aliphatic rings. The zero-order valence-corrected chi connectivity index (χ0v) is 23.3. The molecule has 6 heteroatoms. The Morgan fingerprint density at radius 3 is 2.29 bits per heavy atom. The summed E-state index contributed by atoms with van der Waals surface area (Å²) < 4.78 is 9.36. The van der Waals surface area contributed by atoms with E-state index >= 15 is 0 Å². The summed E-state index contributed by atoms with van der Waals surface area (Å²) in [5.41, 5.74) is 0.530. The van der Waals surface area contributed by atoms with Gasteiger partial charge in [-0.15, -0.1) is 0 Å². The Morgan fingerprint density at radius 2 is 1.69 bits per heavy atom. The molecule has 4 aliphatic carbocycles. The first kappa shape index (κ1) is 31.1. The second-order valence-electron chi connectivity index (χ2n) is 9.64. The van der Waals surface area contributed by atoms with Crippen molar-refractivity contribution in [1.82, 2.24) is 0 Å². The Bertz CT molecular complexity index is 799. The first-order valence-corrected chi connectivity index (χ1v) is 13.6. The number of rotatable bonds is 3. The van der Waals surface area contributed by atoms with Gasteiger partial charge in [-0.2, -0.15) is 0 Å². The van der Waals surface area contributed by atoms with Crippen LogP contribution in [-0.2, 0) is 19.1 Å². The fourth-order valence-corrected chi connectivity index (χ4v) is 7.14. The molecule has 1 N–H and O–H groups in total. The number of aliphatic hydroxyl groups excluding tert-OH is 1. The van der Waals surface area contributed by atoms with Gasteiger partial charge in [0, 0.05) is 17.3 Å². The summed E-state index contributed by atoms with van der Waals surface area (Å²) in [5.74, 6) is 0.432. The lowest BCUT2D eigenvalue weighted by atomic mass is 9.46. The molecule has 7 atom stereocenters. The molecular weight excluding hydrogens is 444 g/mol. The molecule has 0 heterocycles. The zero-order chi connectivity index (χ0) is 27.0. The molecule has 0 radical (unpaired) electrons. The minimum atomic E-state index is -0.847. The van der Waals surface area contributed by atoms with Crippen LogP contribution in [0.4, 0.5) is 4.79 Å². The number of Topliss-reactive ketones (excluding diaryl/α,β-unsaturated/α-hetero) is 1. The van der Waals surface area contributed by atoms with Gasteiger partial charge in [-0.25, -0.2) is 4.79 Å². The van der Waals surface area contributed by atoms with Gasteiger partial charge in [-0.1, -0.05) is 67.0 Å². The van der Waals surface area contributed by atoms with Crippen LogP contribution in [0.3, 0.4) is 0 Å². The number of ether oxygens (including phenoxy) is 2. The molecule has 4 rings (SSSR count). The molecular formula is C29H48O6. The van der Waals surface area contributed by atoms with Gasteiger partial charge in [0.2, 0.25) is 0 Å². The summed E-state index contributed by atoms with van der Waals surface area (Å²) in [6, 6.07) is 0. The fraction of sp³-hybridized carbons (Fsp3) is 0.759. The first-order valence-electron chi connectivity index (χ1n) is 13.6. The van der Waals surface area contributed by atoms with E-state index in [2.05, 4.69) is 18.6 Å². The van der Waals surface area contributed by atoms with Crippen molar-refractivity contribution in [1.29, 1.82) is 0 Å².